The predicted molar refractivity (Wildman–Crippen MR) is 126 cm³/mol. The van der Waals surface area contributed by atoms with Gasteiger partial charge in [0.2, 0.25) is 5.78 Å². The minimum absolute atomic E-state index is 0.0624. The second-order valence-electron chi connectivity index (χ2n) is 7.88. The minimum atomic E-state index is -4.08. The first-order valence-electron chi connectivity index (χ1n) is 10.3. The summed E-state index contributed by atoms with van der Waals surface area (Å²) < 4.78 is 31.9. The van der Waals surface area contributed by atoms with Crippen molar-refractivity contribution in [1.82, 2.24) is 15.4 Å². The van der Waals surface area contributed by atoms with Crippen molar-refractivity contribution in [3.63, 3.8) is 0 Å². The third kappa shape index (κ3) is 6.32. The van der Waals surface area contributed by atoms with Gasteiger partial charge < -0.3 is 9.73 Å². The van der Waals surface area contributed by atoms with Crippen molar-refractivity contribution in [2.75, 3.05) is 5.32 Å². The van der Waals surface area contributed by atoms with Crippen molar-refractivity contribution in [3.8, 4) is 0 Å². The first-order valence-corrected chi connectivity index (χ1v) is 12.5. The number of aromatic nitrogens is 2. The van der Waals surface area contributed by atoms with Crippen LogP contribution in [0, 0.1) is 0 Å². The van der Waals surface area contributed by atoms with Gasteiger partial charge in [-0.1, -0.05) is 23.7 Å². The molecule has 4 N–H and O–H groups in total. The zero-order valence-electron chi connectivity index (χ0n) is 17.7. The first kappa shape index (κ1) is 24.6. The van der Waals surface area contributed by atoms with Gasteiger partial charge in [0, 0.05) is 35.3 Å². The van der Waals surface area contributed by atoms with Crippen molar-refractivity contribution < 1.29 is 21.9 Å². The SMILES string of the molecule is NS(=O)(=O)ON[C@@H]1CC[C@H](Nc2ncncc2C(=O)c2cc(Cc3cccc(Cl)c3)c(Cl)o2)C1. The Balaban J connectivity index is 1.46. The Morgan fingerprint density at radius 2 is 2.03 bits per heavy atom. The van der Waals surface area contributed by atoms with Crippen LogP contribution in [0.4, 0.5) is 5.82 Å². The van der Waals surface area contributed by atoms with E-state index in [0.717, 1.165) is 5.56 Å². The number of carbonyl (C=O) groups is 1. The number of halogens is 2. The maximum Gasteiger partial charge on any atom is 0.349 e. The Hall–Kier alpha value is -2.54. The van der Waals surface area contributed by atoms with Gasteiger partial charge in [-0.15, -0.1) is 0 Å². The fraction of sp³-hybridized carbons (Fsp3) is 0.286. The summed E-state index contributed by atoms with van der Waals surface area (Å²) in [5, 5.41) is 8.78. The van der Waals surface area contributed by atoms with Crippen molar-refractivity contribution in [3.05, 3.63) is 75.5 Å². The average Bonchev–Trinajstić information content (AvgIpc) is 3.38. The van der Waals surface area contributed by atoms with Crippen LogP contribution in [0.2, 0.25) is 10.2 Å². The van der Waals surface area contributed by atoms with E-state index in [4.69, 9.17) is 32.8 Å². The van der Waals surface area contributed by atoms with E-state index in [-0.39, 0.29) is 28.6 Å². The fourth-order valence-electron chi connectivity index (χ4n) is 3.80. The maximum atomic E-state index is 13.2. The fourth-order valence-corrected chi connectivity index (χ4v) is 4.49. The van der Waals surface area contributed by atoms with Crippen LogP contribution in [0.3, 0.4) is 0 Å². The van der Waals surface area contributed by atoms with Crippen molar-refractivity contribution >= 4 is 45.1 Å². The molecule has 0 aliphatic heterocycles. The van der Waals surface area contributed by atoms with Gasteiger partial charge in [-0.2, -0.15) is 18.2 Å². The van der Waals surface area contributed by atoms with Crippen LogP contribution >= 0.6 is 23.2 Å². The Bertz CT molecular complexity index is 1300. The van der Waals surface area contributed by atoms with Gasteiger partial charge in [-0.05, 0) is 54.6 Å². The highest BCUT2D eigenvalue weighted by molar-refractivity contribution is 7.84. The molecule has 0 unspecified atom stereocenters. The molecule has 4 rings (SSSR count). The standard InChI is InChI=1S/C21H21Cl2N5O5S/c22-14-3-1-2-12(7-14)6-13-8-18(32-20(13)23)19(29)17-10-25-11-26-21(17)27-15-4-5-16(9-15)28-33-34(24,30)31/h1-3,7-8,10-11,15-16,28H,4-6,9H2,(H2,24,30,31)(H,25,26,27)/t15-,16+/m0/s1. The lowest BCUT2D eigenvalue weighted by molar-refractivity contribution is 0.101. The van der Waals surface area contributed by atoms with Gasteiger partial charge in [-0.25, -0.2) is 15.1 Å². The largest absolute Gasteiger partial charge is 0.441 e. The topological polar surface area (TPSA) is 149 Å². The molecule has 2 aromatic heterocycles. The molecule has 1 aromatic carbocycles. The molecule has 0 bridgehead atoms. The van der Waals surface area contributed by atoms with E-state index in [2.05, 4.69) is 25.0 Å². The number of benzene rings is 1. The van der Waals surface area contributed by atoms with E-state index in [1.54, 1.807) is 12.1 Å². The molecule has 1 saturated carbocycles. The van der Waals surface area contributed by atoms with Crippen LogP contribution in [0.15, 0.2) is 47.3 Å². The molecular weight excluding hydrogens is 505 g/mol. The molecule has 1 aliphatic carbocycles. The number of hydrogen-bond acceptors (Lipinski definition) is 9. The average molecular weight is 526 g/mol. The number of hydrogen-bond donors (Lipinski definition) is 3. The smallest absolute Gasteiger partial charge is 0.349 e. The highest BCUT2D eigenvalue weighted by Crippen LogP contribution is 2.29. The highest BCUT2D eigenvalue weighted by Gasteiger charge is 2.28. The summed E-state index contributed by atoms with van der Waals surface area (Å²) in [7, 11) is -4.08. The number of hydroxylamine groups is 1. The Morgan fingerprint density at radius 3 is 2.79 bits per heavy atom. The Morgan fingerprint density at radius 1 is 1.24 bits per heavy atom. The van der Waals surface area contributed by atoms with E-state index in [1.807, 2.05) is 18.2 Å². The van der Waals surface area contributed by atoms with Crippen LogP contribution in [0.25, 0.3) is 0 Å². The zero-order chi connectivity index (χ0) is 24.3. The summed E-state index contributed by atoms with van der Waals surface area (Å²) in [6, 6.07) is 8.62. The Kier molecular flexibility index (Phi) is 7.51. The lowest BCUT2D eigenvalue weighted by Crippen LogP contribution is -2.33. The summed E-state index contributed by atoms with van der Waals surface area (Å²) in [5.41, 5.74) is 4.24. The van der Waals surface area contributed by atoms with Crippen LogP contribution in [0.1, 0.15) is 46.5 Å². The highest BCUT2D eigenvalue weighted by atomic mass is 35.5. The third-order valence-corrected chi connectivity index (χ3v) is 6.21. The monoisotopic (exact) mass is 525 g/mol. The summed E-state index contributed by atoms with van der Waals surface area (Å²) >= 11 is 12.3. The third-order valence-electron chi connectivity index (χ3n) is 5.33. The summed E-state index contributed by atoms with van der Waals surface area (Å²) in [6.45, 7) is 0. The molecule has 1 fully saturated rings. The predicted octanol–water partition coefficient (Wildman–Crippen LogP) is 3.26. The number of nitrogens with zero attached hydrogens (tertiary/aromatic N) is 2. The van der Waals surface area contributed by atoms with Gasteiger partial charge in [0.05, 0.1) is 5.56 Å². The number of ketones is 1. The molecule has 1 aliphatic rings. The van der Waals surface area contributed by atoms with Crippen LogP contribution in [-0.2, 0) is 21.0 Å². The second-order valence-corrected chi connectivity index (χ2v) is 9.81. The number of carbonyl (C=O) groups excluding carboxylic acids is 1. The van der Waals surface area contributed by atoms with Crippen molar-refractivity contribution in [2.45, 2.75) is 37.8 Å². The minimum Gasteiger partial charge on any atom is -0.441 e. The number of rotatable bonds is 9. The maximum absolute atomic E-state index is 13.2. The van der Waals surface area contributed by atoms with E-state index in [0.29, 0.717) is 42.1 Å². The van der Waals surface area contributed by atoms with Crippen LogP contribution in [0.5, 0.6) is 0 Å². The summed E-state index contributed by atoms with van der Waals surface area (Å²) in [6.07, 6.45) is 5.04. The van der Waals surface area contributed by atoms with Crippen LogP contribution < -0.4 is 15.9 Å². The zero-order valence-corrected chi connectivity index (χ0v) is 20.0. The summed E-state index contributed by atoms with van der Waals surface area (Å²) in [4.78, 5) is 21.4. The number of nitrogens with one attached hydrogen (secondary N) is 2. The molecule has 0 amide bonds. The van der Waals surface area contributed by atoms with E-state index in [1.165, 1.54) is 12.5 Å². The molecule has 0 saturated heterocycles. The molecule has 0 spiro atoms. The molecule has 180 valence electrons. The molecule has 10 nitrogen and oxygen atoms in total. The van der Waals surface area contributed by atoms with Crippen LogP contribution in [-0.4, -0.2) is 36.3 Å². The van der Waals surface area contributed by atoms with Gasteiger partial charge in [-0.3, -0.25) is 4.79 Å². The van der Waals surface area contributed by atoms with E-state index >= 15 is 0 Å². The number of anilines is 1. The van der Waals surface area contributed by atoms with E-state index < -0.39 is 16.1 Å². The molecule has 2 atom stereocenters. The lowest BCUT2D eigenvalue weighted by atomic mass is 10.1. The van der Waals surface area contributed by atoms with Crippen molar-refractivity contribution in [2.24, 2.45) is 5.14 Å². The molecular formula is C21H21Cl2N5O5S. The molecule has 34 heavy (non-hydrogen) atoms. The summed E-state index contributed by atoms with van der Waals surface area (Å²) in [5.74, 6) is -0.0260. The second kappa shape index (κ2) is 10.4. The van der Waals surface area contributed by atoms with Gasteiger partial charge in [0.1, 0.15) is 12.1 Å². The first-order chi connectivity index (χ1) is 16.2. The van der Waals surface area contributed by atoms with E-state index in [9.17, 15) is 13.2 Å². The van der Waals surface area contributed by atoms with Gasteiger partial charge >= 0.3 is 10.3 Å². The Labute approximate surface area is 206 Å². The van der Waals surface area contributed by atoms with Crippen molar-refractivity contribution in [1.29, 1.82) is 0 Å². The molecule has 0 radical (unpaired) electrons. The number of furan rings is 1. The molecule has 2 heterocycles. The van der Waals surface area contributed by atoms with Gasteiger partial charge in [0.15, 0.2) is 11.0 Å². The molecule has 13 heteroatoms. The van der Waals surface area contributed by atoms with Gasteiger partial charge in [0.25, 0.3) is 0 Å². The lowest BCUT2D eigenvalue weighted by Gasteiger charge is -2.16. The number of nitrogens with two attached hydrogens (primary N) is 1. The quantitative estimate of drug-likeness (QED) is 0.282. The normalized spacial score (nSPS) is 18.2. The molecule has 3 aromatic rings.